The molecule has 2 heterocycles. The van der Waals surface area contributed by atoms with Crippen LogP contribution in [0.1, 0.15) is 75.8 Å². The van der Waals surface area contributed by atoms with Crippen LogP contribution < -0.4 is 10.2 Å². The summed E-state index contributed by atoms with van der Waals surface area (Å²) in [6.45, 7) is 9.00. The quantitative estimate of drug-likeness (QED) is 0.802. The van der Waals surface area contributed by atoms with Crippen LogP contribution in [0.2, 0.25) is 0 Å². The summed E-state index contributed by atoms with van der Waals surface area (Å²) in [5.74, 6) is 0.563. The lowest BCUT2D eigenvalue weighted by Crippen LogP contribution is -2.39. The zero-order valence-electron chi connectivity index (χ0n) is 14.1. The van der Waals surface area contributed by atoms with E-state index in [1.807, 2.05) is 18.4 Å². The van der Waals surface area contributed by atoms with Crippen molar-refractivity contribution in [3.05, 3.63) is 10.6 Å². The molecule has 1 aliphatic rings. The van der Waals surface area contributed by atoms with E-state index in [0.29, 0.717) is 12.0 Å². The number of anilines is 1. The molecule has 1 aromatic heterocycles. The standard InChI is InChI=1S/C17H31N3S/c1-5-9-14-10-7-8-11-20(14)17-19-16(13(3)6-2)15(21-17)12-18-4/h13-14,18H,5-12H2,1-4H3. The number of thiazole rings is 1. The van der Waals surface area contributed by atoms with Crippen molar-refractivity contribution in [2.45, 2.75) is 77.8 Å². The fourth-order valence-corrected chi connectivity index (χ4v) is 4.51. The molecule has 2 atom stereocenters. The Bertz CT molecular complexity index is 428. The van der Waals surface area contributed by atoms with E-state index >= 15 is 0 Å². The van der Waals surface area contributed by atoms with Crippen LogP contribution >= 0.6 is 11.3 Å². The van der Waals surface area contributed by atoms with Crippen molar-refractivity contribution in [2.24, 2.45) is 0 Å². The average molecular weight is 310 g/mol. The monoisotopic (exact) mass is 309 g/mol. The van der Waals surface area contributed by atoms with Crippen LogP contribution in [-0.2, 0) is 6.54 Å². The molecule has 0 radical (unpaired) electrons. The zero-order chi connectivity index (χ0) is 15.2. The molecule has 0 aliphatic carbocycles. The molecule has 21 heavy (non-hydrogen) atoms. The minimum absolute atomic E-state index is 0.563. The molecule has 0 spiro atoms. The maximum absolute atomic E-state index is 5.06. The van der Waals surface area contributed by atoms with Crippen molar-refractivity contribution in [3.63, 3.8) is 0 Å². The van der Waals surface area contributed by atoms with Gasteiger partial charge in [-0.3, -0.25) is 0 Å². The minimum Gasteiger partial charge on any atom is -0.345 e. The Morgan fingerprint density at radius 2 is 2.19 bits per heavy atom. The fraction of sp³-hybridized carbons (Fsp3) is 0.824. The van der Waals surface area contributed by atoms with Crippen molar-refractivity contribution in [3.8, 4) is 0 Å². The molecule has 0 bridgehead atoms. The molecule has 0 amide bonds. The molecular weight excluding hydrogens is 278 g/mol. The Morgan fingerprint density at radius 1 is 1.38 bits per heavy atom. The molecule has 0 aromatic carbocycles. The van der Waals surface area contributed by atoms with Crippen molar-refractivity contribution in [1.82, 2.24) is 10.3 Å². The predicted molar refractivity (Wildman–Crippen MR) is 93.5 cm³/mol. The molecule has 1 aromatic rings. The summed E-state index contributed by atoms with van der Waals surface area (Å²) in [4.78, 5) is 9.09. The van der Waals surface area contributed by atoms with E-state index in [4.69, 9.17) is 4.98 Å². The normalized spacial score (nSPS) is 20.8. The molecule has 3 nitrogen and oxygen atoms in total. The lowest BCUT2D eigenvalue weighted by Gasteiger charge is -2.35. The molecule has 2 rings (SSSR count). The second-order valence-electron chi connectivity index (χ2n) is 6.28. The lowest BCUT2D eigenvalue weighted by molar-refractivity contribution is 0.434. The van der Waals surface area contributed by atoms with E-state index in [-0.39, 0.29) is 0 Å². The Labute approximate surface area is 134 Å². The van der Waals surface area contributed by atoms with Gasteiger partial charge in [0.05, 0.1) is 5.69 Å². The van der Waals surface area contributed by atoms with Gasteiger partial charge in [0.2, 0.25) is 0 Å². The van der Waals surface area contributed by atoms with Crippen LogP contribution in [0.25, 0.3) is 0 Å². The highest BCUT2D eigenvalue weighted by atomic mass is 32.1. The summed E-state index contributed by atoms with van der Waals surface area (Å²) in [5.41, 5.74) is 1.33. The smallest absolute Gasteiger partial charge is 0.186 e. The van der Waals surface area contributed by atoms with E-state index in [9.17, 15) is 0 Å². The SMILES string of the molecule is CCCC1CCCCN1c1nc(C(C)CC)c(CNC)s1. The molecule has 1 fully saturated rings. The van der Waals surface area contributed by atoms with Crippen LogP contribution in [0.3, 0.4) is 0 Å². The van der Waals surface area contributed by atoms with E-state index < -0.39 is 0 Å². The maximum Gasteiger partial charge on any atom is 0.186 e. The lowest BCUT2D eigenvalue weighted by atomic mass is 9.99. The largest absolute Gasteiger partial charge is 0.345 e. The number of rotatable bonds is 7. The highest BCUT2D eigenvalue weighted by Crippen LogP contribution is 2.35. The third-order valence-corrected chi connectivity index (χ3v) is 5.74. The van der Waals surface area contributed by atoms with Gasteiger partial charge in [0.1, 0.15) is 0 Å². The number of hydrogen-bond donors (Lipinski definition) is 1. The summed E-state index contributed by atoms with van der Waals surface area (Å²) < 4.78 is 0. The highest BCUT2D eigenvalue weighted by molar-refractivity contribution is 7.15. The van der Waals surface area contributed by atoms with Crippen molar-refractivity contribution in [2.75, 3.05) is 18.5 Å². The average Bonchev–Trinajstić information content (AvgIpc) is 2.91. The van der Waals surface area contributed by atoms with Gasteiger partial charge in [-0.05, 0) is 45.1 Å². The van der Waals surface area contributed by atoms with E-state index in [1.165, 1.54) is 54.4 Å². The van der Waals surface area contributed by atoms with Crippen molar-refractivity contribution < 1.29 is 0 Å². The van der Waals surface area contributed by atoms with Crippen LogP contribution in [0, 0.1) is 0 Å². The first-order valence-electron chi connectivity index (χ1n) is 8.62. The van der Waals surface area contributed by atoms with Gasteiger partial charge < -0.3 is 10.2 Å². The molecule has 0 saturated carbocycles. The summed E-state index contributed by atoms with van der Waals surface area (Å²) in [6, 6.07) is 0.710. The highest BCUT2D eigenvalue weighted by Gasteiger charge is 2.26. The first-order valence-corrected chi connectivity index (χ1v) is 9.43. The summed E-state index contributed by atoms with van der Waals surface area (Å²) in [5, 5.41) is 4.58. The number of aromatic nitrogens is 1. The van der Waals surface area contributed by atoms with Gasteiger partial charge in [-0.1, -0.05) is 27.2 Å². The first-order chi connectivity index (χ1) is 10.2. The Balaban J connectivity index is 2.24. The number of nitrogens with zero attached hydrogens (tertiary/aromatic N) is 2. The number of hydrogen-bond acceptors (Lipinski definition) is 4. The van der Waals surface area contributed by atoms with Gasteiger partial charge in [-0.25, -0.2) is 4.98 Å². The molecule has 4 heteroatoms. The summed E-state index contributed by atoms with van der Waals surface area (Å²) in [6.07, 6.45) is 7.79. The van der Waals surface area contributed by atoms with Gasteiger partial charge in [0, 0.05) is 24.0 Å². The second-order valence-corrected chi connectivity index (χ2v) is 7.34. The van der Waals surface area contributed by atoms with Gasteiger partial charge >= 0.3 is 0 Å². The topological polar surface area (TPSA) is 28.2 Å². The van der Waals surface area contributed by atoms with Crippen LogP contribution in [0.15, 0.2) is 0 Å². The van der Waals surface area contributed by atoms with Gasteiger partial charge in [0.25, 0.3) is 0 Å². The Kier molecular flexibility index (Phi) is 6.49. The Hall–Kier alpha value is -0.610. The molecule has 1 N–H and O–H groups in total. The third-order valence-electron chi connectivity index (χ3n) is 4.63. The van der Waals surface area contributed by atoms with E-state index in [2.05, 4.69) is 31.0 Å². The van der Waals surface area contributed by atoms with Gasteiger partial charge in [-0.15, -0.1) is 11.3 Å². The summed E-state index contributed by atoms with van der Waals surface area (Å²) in [7, 11) is 2.03. The molecule has 1 saturated heterocycles. The first kappa shape index (κ1) is 16.8. The van der Waals surface area contributed by atoms with Gasteiger partial charge in [0.15, 0.2) is 5.13 Å². The van der Waals surface area contributed by atoms with E-state index in [1.54, 1.807) is 0 Å². The number of piperidine rings is 1. The van der Waals surface area contributed by atoms with Crippen molar-refractivity contribution >= 4 is 16.5 Å². The zero-order valence-corrected chi connectivity index (χ0v) is 14.9. The molecule has 1 aliphatic heterocycles. The fourth-order valence-electron chi connectivity index (χ4n) is 3.22. The van der Waals surface area contributed by atoms with Gasteiger partial charge in [-0.2, -0.15) is 0 Å². The van der Waals surface area contributed by atoms with Crippen LogP contribution in [-0.4, -0.2) is 24.6 Å². The van der Waals surface area contributed by atoms with E-state index in [0.717, 1.165) is 13.0 Å². The van der Waals surface area contributed by atoms with Crippen molar-refractivity contribution in [1.29, 1.82) is 0 Å². The maximum atomic E-state index is 5.06. The third kappa shape index (κ3) is 3.98. The number of nitrogens with one attached hydrogen (secondary N) is 1. The molecular formula is C17H31N3S. The molecule has 2 unspecified atom stereocenters. The van der Waals surface area contributed by atoms with Crippen LogP contribution in [0.4, 0.5) is 5.13 Å². The molecule has 120 valence electrons. The van der Waals surface area contributed by atoms with Crippen LogP contribution in [0.5, 0.6) is 0 Å². The minimum atomic E-state index is 0.563. The predicted octanol–water partition coefficient (Wildman–Crippen LogP) is 4.54. The Morgan fingerprint density at radius 3 is 2.86 bits per heavy atom. The second kappa shape index (κ2) is 8.14. The summed E-state index contributed by atoms with van der Waals surface area (Å²) >= 11 is 1.92.